The first-order valence-electron chi connectivity index (χ1n) is 4.46. The van der Waals surface area contributed by atoms with E-state index in [0.717, 1.165) is 0 Å². The summed E-state index contributed by atoms with van der Waals surface area (Å²) in [6, 6.07) is 4.43. The van der Waals surface area contributed by atoms with Gasteiger partial charge in [-0.05, 0) is 19.1 Å². The van der Waals surface area contributed by atoms with Crippen LogP contribution in [-0.2, 0) is 10.1 Å². The summed E-state index contributed by atoms with van der Waals surface area (Å²) >= 11 is 5.70. The number of nitrogens with two attached hydrogens (primary N) is 1. The largest absolute Gasteiger partial charge is 0.394 e. The average molecular weight is 266 g/mol. The van der Waals surface area contributed by atoms with Gasteiger partial charge >= 0.3 is 10.1 Å². The molecule has 1 aromatic rings. The molecule has 7 heteroatoms. The minimum absolute atomic E-state index is 0.0341. The van der Waals surface area contributed by atoms with Gasteiger partial charge in [-0.15, -0.1) is 0 Å². The fraction of sp³-hybridized carbons (Fsp3) is 0.333. The molecule has 90 valence electrons. The quantitative estimate of drug-likeness (QED) is 0.626. The van der Waals surface area contributed by atoms with Gasteiger partial charge < -0.3 is 15.0 Å². The molecule has 1 unspecified atom stereocenters. The van der Waals surface area contributed by atoms with E-state index in [1.54, 1.807) is 0 Å². The standard InChI is InChI=1S/C9H12ClNO4S/c1-6(12)5-16(13,14)15-8-4-2-3-7(10)9(8)11/h2-4,6,12H,5,11H2,1H3. The molecule has 0 heterocycles. The number of aliphatic hydroxyl groups excluding tert-OH is 1. The highest BCUT2D eigenvalue weighted by Gasteiger charge is 2.18. The Labute approximate surface area is 98.9 Å². The van der Waals surface area contributed by atoms with E-state index >= 15 is 0 Å². The molecule has 0 saturated carbocycles. The molecular formula is C9H12ClNO4S. The molecular weight excluding hydrogens is 254 g/mol. The lowest BCUT2D eigenvalue weighted by Gasteiger charge is -2.10. The van der Waals surface area contributed by atoms with Gasteiger partial charge in [-0.1, -0.05) is 17.7 Å². The van der Waals surface area contributed by atoms with Crippen LogP contribution in [0.25, 0.3) is 0 Å². The summed E-state index contributed by atoms with van der Waals surface area (Å²) in [6.07, 6.45) is -1.01. The predicted octanol–water partition coefficient (Wildman–Crippen LogP) is 1.01. The minimum Gasteiger partial charge on any atom is -0.394 e. The van der Waals surface area contributed by atoms with Gasteiger partial charge in [0.2, 0.25) is 0 Å². The monoisotopic (exact) mass is 265 g/mol. The molecule has 1 aromatic carbocycles. The fourth-order valence-electron chi connectivity index (χ4n) is 1.06. The Morgan fingerprint density at radius 1 is 1.56 bits per heavy atom. The molecule has 0 fully saturated rings. The lowest BCUT2D eigenvalue weighted by Crippen LogP contribution is -2.22. The van der Waals surface area contributed by atoms with Gasteiger partial charge in [0.15, 0.2) is 5.75 Å². The van der Waals surface area contributed by atoms with E-state index in [4.69, 9.17) is 26.6 Å². The molecule has 0 amide bonds. The van der Waals surface area contributed by atoms with Crippen LogP contribution in [0, 0.1) is 0 Å². The molecule has 0 aliphatic rings. The van der Waals surface area contributed by atoms with E-state index < -0.39 is 22.0 Å². The first-order chi connectivity index (χ1) is 7.32. The van der Waals surface area contributed by atoms with Gasteiger partial charge in [0, 0.05) is 0 Å². The number of rotatable bonds is 4. The fourth-order valence-corrected chi connectivity index (χ4v) is 2.30. The Morgan fingerprint density at radius 2 is 2.19 bits per heavy atom. The van der Waals surface area contributed by atoms with Crippen molar-refractivity contribution in [1.82, 2.24) is 0 Å². The Hall–Kier alpha value is -0.980. The van der Waals surface area contributed by atoms with E-state index in [9.17, 15) is 8.42 Å². The van der Waals surface area contributed by atoms with Crippen LogP contribution in [0.1, 0.15) is 6.92 Å². The van der Waals surface area contributed by atoms with Crippen LogP contribution in [0.5, 0.6) is 5.75 Å². The summed E-state index contributed by atoms with van der Waals surface area (Å²) in [4.78, 5) is 0. The van der Waals surface area contributed by atoms with Crippen LogP contribution in [0.15, 0.2) is 18.2 Å². The topological polar surface area (TPSA) is 89.6 Å². The number of benzene rings is 1. The van der Waals surface area contributed by atoms with Crippen molar-refractivity contribution in [2.75, 3.05) is 11.5 Å². The predicted molar refractivity (Wildman–Crippen MR) is 62.0 cm³/mol. The van der Waals surface area contributed by atoms with Crippen molar-refractivity contribution in [2.45, 2.75) is 13.0 Å². The van der Waals surface area contributed by atoms with Crippen molar-refractivity contribution < 1.29 is 17.7 Å². The first kappa shape index (κ1) is 13.1. The maximum atomic E-state index is 11.4. The molecule has 0 aromatic heterocycles. The average Bonchev–Trinajstić information content (AvgIpc) is 2.10. The summed E-state index contributed by atoms with van der Waals surface area (Å²) in [5, 5.41) is 9.19. The number of hydrogen-bond acceptors (Lipinski definition) is 5. The molecule has 1 rings (SSSR count). The van der Waals surface area contributed by atoms with Crippen LogP contribution in [0.2, 0.25) is 5.02 Å². The van der Waals surface area contributed by atoms with Gasteiger partial charge in [0.25, 0.3) is 0 Å². The van der Waals surface area contributed by atoms with Gasteiger partial charge in [0.05, 0.1) is 16.8 Å². The highest BCUT2D eigenvalue weighted by Crippen LogP contribution is 2.29. The second kappa shape index (κ2) is 4.90. The van der Waals surface area contributed by atoms with Gasteiger partial charge in [-0.3, -0.25) is 0 Å². The number of anilines is 1. The van der Waals surface area contributed by atoms with Crippen molar-refractivity contribution in [3.63, 3.8) is 0 Å². The highest BCUT2D eigenvalue weighted by molar-refractivity contribution is 7.87. The molecule has 3 N–H and O–H groups in total. The van der Waals surface area contributed by atoms with Crippen molar-refractivity contribution in [2.24, 2.45) is 0 Å². The van der Waals surface area contributed by atoms with Gasteiger partial charge in [0.1, 0.15) is 5.75 Å². The van der Waals surface area contributed by atoms with Crippen molar-refractivity contribution in [1.29, 1.82) is 0 Å². The minimum atomic E-state index is -3.86. The zero-order valence-corrected chi connectivity index (χ0v) is 10.1. The summed E-state index contributed by atoms with van der Waals surface area (Å²) in [5.74, 6) is -0.535. The van der Waals surface area contributed by atoms with Crippen molar-refractivity contribution >= 4 is 27.4 Å². The number of para-hydroxylation sites is 1. The molecule has 0 saturated heterocycles. The second-order valence-corrected chi connectivity index (χ2v) is 5.33. The molecule has 0 radical (unpaired) electrons. The van der Waals surface area contributed by atoms with Crippen LogP contribution in [0.4, 0.5) is 5.69 Å². The van der Waals surface area contributed by atoms with Crippen LogP contribution in [-0.4, -0.2) is 25.4 Å². The van der Waals surface area contributed by atoms with Crippen LogP contribution >= 0.6 is 11.6 Å². The molecule has 0 aliphatic carbocycles. The summed E-state index contributed by atoms with van der Waals surface area (Å²) in [5.41, 5.74) is 5.59. The Bertz CT molecular complexity index is 472. The summed E-state index contributed by atoms with van der Waals surface area (Å²) in [7, 11) is -3.86. The summed E-state index contributed by atoms with van der Waals surface area (Å²) < 4.78 is 27.5. The Kier molecular flexibility index (Phi) is 4.01. The van der Waals surface area contributed by atoms with E-state index in [-0.39, 0.29) is 16.5 Å². The number of hydrogen-bond donors (Lipinski definition) is 2. The molecule has 0 bridgehead atoms. The Morgan fingerprint density at radius 3 is 2.75 bits per heavy atom. The van der Waals surface area contributed by atoms with E-state index in [0.29, 0.717) is 0 Å². The Balaban J connectivity index is 2.93. The number of halogens is 1. The number of nitrogen functional groups attached to an aromatic ring is 1. The second-order valence-electron chi connectivity index (χ2n) is 3.31. The third-order valence-corrected chi connectivity index (χ3v) is 3.33. The maximum Gasteiger partial charge on any atom is 0.311 e. The molecule has 0 spiro atoms. The van der Waals surface area contributed by atoms with Crippen molar-refractivity contribution in [3.05, 3.63) is 23.2 Å². The lowest BCUT2D eigenvalue weighted by atomic mass is 10.3. The first-order valence-corrected chi connectivity index (χ1v) is 6.41. The van der Waals surface area contributed by atoms with E-state index in [1.807, 2.05) is 0 Å². The SMILES string of the molecule is CC(O)CS(=O)(=O)Oc1cccc(Cl)c1N. The number of aliphatic hydroxyl groups is 1. The van der Waals surface area contributed by atoms with E-state index in [2.05, 4.69) is 0 Å². The highest BCUT2D eigenvalue weighted by atomic mass is 35.5. The summed E-state index contributed by atoms with van der Waals surface area (Å²) in [6.45, 7) is 1.35. The normalized spacial score (nSPS) is 13.4. The molecule has 1 atom stereocenters. The van der Waals surface area contributed by atoms with Gasteiger partial charge in [-0.2, -0.15) is 8.42 Å². The zero-order valence-electron chi connectivity index (χ0n) is 8.55. The van der Waals surface area contributed by atoms with Gasteiger partial charge in [-0.25, -0.2) is 0 Å². The third kappa shape index (κ3) is 3.55. The maximum absolute atomic E-state index is 11.4. The van der Waals surface area contributed by atoms with E-state index in [1.165, 1.54) is 25.1 Å². The van der Waals surface area contributed by atoms with Crippen LogP contribution in [0.3, 0.4) is 0 Å². The molecule has 5 nitrogen and oxygen atoms in total. The zero-order chi connectivity index (χ0) is 12.3. The lowest BCUT2D eigenvalue weighted by molar-refractivity contribution is 0.215. The molecule has 0 aliphatic heterocycles. The van der Waals surface area contributed by atoms with Crippen molar-refractivity contribution in [3.8, 4) is 5.75 Å². The third-order valence-electron chi connectivity index (χ3n) is 1.67. The molecule has 16 heavy (non-hydrogen) atoms. The van der Waals surface area contributed by atoms with Crippen LogP contribution < -0.4 is 9.92 Å². The smallest absolute Gasteiger partial charge is 0.311 e.